The van der Waals surface area contributed by atoms with Crippen LogP contribution in [0.1, 0.15) is 37.8 Å². The number of fused-ring (bicyclic) bond motifs is 1. The van der Waals surface area contributed by atoms with Crippen molar-refractivity contribution in [1.29, 1.82) is 0 Å². The van der Waals surface area contributed by atoms with E-state index in [1.165, 1.54) is 11.1 Å². The van der Waals surface area contributed by atoms with Crippen LogP contribution in [0.15, 0.2) is 29.3 Å². The summed E-state index contributed by atoms with van der Waals surface area (Å²) in [5.41, 5.74) is 2.56. The second-order valence-corrected chi connectivity index (χ2v) is 9.43. The van der Waals surface area contributed by atoms with Gasteiger partial charge in [-0.25, -0.2) is 0 Å². The van der Waals surface area contributed by atoms with Gasteiger partial charge in [-0.2, -0.15) is 11.8 Å². The third-order valence-corrected chi connectivity index (χ3v) is 6.28. The van der Waals surface area contributed by atoms with Crippen LogP contribution in [0.2, 0.25) is 0 Å². The first-order valence-corrected chi connectivity index (χ1v) is 10.4. The second-order valence-electron chi connectivity index (χ2n) is 7.63. The zero-order valence-electron chi connectivity index (χ0n) is 16.5. The molecule has 1 aromatic rings. The molecule has 1 aromatic carbocycles. The molecule has 5 nitrogen and oxygen atoms in total. The molecule has 3 rings (SSSR count). The Bertz CT molecular complexity index is 655. The molecular weight excluding hydrogens is 471 g/mol. The van der Waals surface area contributed by atoms with Crippen LogP contribution in [-0.2, 0) is 17.9 Å². The lowest BCUT2D eigenvalue weighted by Gasteiger charge is -2.39. The third kappa shape index (κ3) is 6.01. The molecule has 2 aliphatic heterocycles. The molecule has 150 valence electrons. The summed E-state index contributed by atoms with van der Waals surface area (Å²) >= 11 is 2.02. The Morgan fingerprint density at radius 1 is 1.22 bits per heavy atom. The van der Waals surface area contributed by atoms with E-state index in [1.807, 2.05) is 35.8 Å². The van der Waals surface area contributed by atoms with Crippen molar-refractivity contribution in [3.8, 4) is 0 Å². The SMILES string of the molecule is CN=C(NCCCC(=O)N1Cc2ccccc2C1)N1CCSC(C)(C)C1.I. The molecule has 1 saturated heterocycles. The van der Waals surface area contributed by atoms with Gasteiger partial charge in [0.05, 0.1) is 0 Å². The summed E-state index contributed by atoms with van der Waals surface area (Å²) in [6.07, 6.45) is 1.41. The van der Waals surface area contributed by atoms with Crippen molar-refractivity contribution in [2.45, 2.75) is 44.5 Å². The minimum atomic E-state index is 0. The number of benzene rings is 1. The van der Waals surface area contributed by atoms with Crippen molar-refractivity contribution in [3.05, 3.63) is 35.4 Å². The fraction of sp³-hybridized carbons (Fsp3) is 0.600. The fourth-order valence-corrected chi connectivity index (χ4v) is 4.75. The maximum absolute atomic E-state index is 12.5. The number of rotatable bonds is 4. The van der Waals surface area contributed by atoms with E-state index in [4.69, 9.17) is 0 Å². The highest BCUT2D eigenvalue weighted by atomic mass is 127. The van der Waals surface area contributed by atoms with Crippen LogP contribution >= 0.6 is 35.7 Å². The Balaban J connectivity index is 0.00000261. The minimum Gasteiger partial charge on any atom is -0.356 e. The smallest absolute Gasteiger partial charge is 0.223 e. The van der Waals surface area contributed by atoms with Gasteiger partial charge in [0, 0.05) is 56.7 Å². The van der Waals surface area contributed by atoms with Crippen LogP contribution in [0.4, 0.5) is 0 Å². The summed E-state index contributed by atoms with van der Waals surface area (Å²) in [5, 5.41) is 3.44. The van der Waals surface area contributed by atoms with Gasteiger partial charge in [0.1, 0.15) is 0 Å². The topological polar surface area (TPSA) is 47.9 Å². The van der Waals surface area contributed by atoms with E-state index >= 15 is 0 Å². The van der Waals surface area contributed by atoms with Crippen LogP contribution in [0.5, 0.6) is 0 Å². The van der Waals surface area contributed by atoms with Gasteiger partial charge in [0.15, 0.2) is 5.96 Å². The Hall–Kier alpha value is -0.960. The summed E-state index contributed by atoms with van der Waals surface area (Å²) in [6, 6.07) is 8.32. The number of aliphatic imine (C=N–C) groups is 1. The van der Waals surface area contributed by atoms with Crippen LogP contribution in [0.3, 0.4) is 0 Å². The third-order valence-electron chi connectivity index (χ3n) is 4.98. The van der Waals surface area contributed by atoms with E-state index in [-0.39, 0.29) is 34.6 Å². The van der Waals surface area contributed by atoms with Crippen LogP contribution < -0.4 is 5.32 Å². The number of guanidine groups is 1. The second kappa shape index (κ2) is 10.0. The molecule has 1 fully saturated rings. The monoisotopic (exact) mass is 502 g/mol. The lowest BCUT2D eigenvalue weighted by molar-refractivity contribution is -0.131. The van der Waals surface area contributed by atoms with E-state index < -0.39 is 0 Å². The van der Waals surface area contributed by atoms with E-state index in [0.717, 1.165) is 50.9 Å². The first-order chi connectivity index (χ1) is 12.5. The number of halogens is 1. The lowest BCUT2D eigenvalue weighted by Crippen LogP contribution is -2.51. The van der Waals surface area contributed by atoms with Gasteiger partial charge >= 0.3 is 0 Å². The summed E-state index contributed by atoms with van der Waals surface area (Å²) < 4.78 is 0.261. The summed E-state index contributed by atoms with van der Waals surface area (Å²) in [4.78, 5) is 21.2. The van der Waals surface area contributed by atoms with Crippen molar-refractivity contribution in [2.75, 3.05) is 32.4 Å². The zero-order valence-corrected chi connectivity index (χ0v) is 19.7. The average Bonchev–Trinajstić information content (AvgIpc) is 3.05. The normalized spacial score (nSPS) is 18.7. The number of thioether (sulfide) groups is 1. The van der Waals surface area contributed by atoms with Crippen molar-refractivity contribution in [2.24, 2.45) is 4.99 Å². The number of hydrogen-bond acceptors (Lipinski definition) is 3. The Morgan fingerprint density at radius 2 is 1.89 bits per heavy atom. The molecule has 0 unspecified atom stereocenters. The largest absolute Gasteiger partial charge is 0.356 e. The van der Waals surface area contributed by atoms with Crippen molar-refractivity contribution in [3.63, 3.8) is 0 Å². The molecule has 0 aliphatic carbocycles. The summed E-state index contributed by atoms with van der Waals surface area (Å²) in [6.45, 7) is 8.88. The maximum atomic E-state index is 12.5. The molecule has 0 radical (unpaired) electrons. The predicted octanol–water partition coefficient (Wildman–Crippen LogP) is 3.33. The highest BCUT2D eigenvalue weighted by Gasteiger charge is 2.28. The Morgan fingerprint density at radius 3 is 2.48 bits per heavy atom. The number of hydrogen-bond donors (Lipinski definition) is 1. The standard InChI is InChI=1S/C20H30N4OS.HI/c1-20(2)15-23(11-12-26-20)19(21-3)22-10-6-9-18(25)24-13-16-7-4-5-8-17(16)14-24;/h4-5,7-8H,6,9-15H2,1-3H3,(H,21,22);1H. The first-order valence-electron chi connectivity index (χ1n) is 9.42. The van der Waals surface area contributed by atoms with Gasteiger partial charge in [-0.05, 0) is 31.4 Å². The summed E-state index contributed by atoms with van der Waals surface area (Å²) in [7, 11) is 1.84. The number of nitrogens with zero attached hydrogens (tertiary/aromatic N) is 3. The number of carbonyl (C=O) groups excluding carboxylic acids is 1. The first kappa shape index (κ1) is 22.3. The highest BCUT2D eigenvalue weighted by molar-refractivity contribution is 14.0. The molecule has 1 N–H and O–H groups in total. The fourth-order valence-electron chi connectivity index (χ4n) is 3.64. The van der Waals surface area contributed by atoms with Crippen molar-refractivity contribution >= 4 is 47.6 Å². The molecule has 0 atom stereocenters. The molecule has 0 aromatic heterocycles. The molecule has 27 heavy (non-hydrogen) atoms. The lowest BCUT2D eigenvalue weighted by atomic mass is 10.1. The molecule has 0 spiro atoms. The molecule has 0 bridgehead atoms. The molecular formula is C20H31IN4OS. The predicted molar refractivity (Wildman–Crippen MR) is 125 cm³/mol. The van der Waals surface area contributed by atoms with Gasteiger partial charge in [0.25, 0.3) is 0 Å². The van der Waals surface area contributed by atoms with E-state index in [0.29, 0.717) is 6.42 Å². The van der Waals surface area contributed by atoms with E-state index in [1.54, 1.807) is 0 Å². The average molecular weight is 502 g/mol. The quantitative estimate of drug-likeness (QED) is 0.297. The summed E-state index contributed by atoms with van der Waals surface area (Å²) in [5.74, 6) is 2.33. The van der Waals surface area contributed by atoms with Crippen molar-refractivity contribution in [1.82, 2.24) is 15.1 Å². The van der Waals surface area contributed by atoms with Gasteiger partial charge in [0.2, 0.25) is 5.91 Å². The molecule has 2 aliphatic rings. The highest BCUT2D eigenvalue weighted by Crippen LogP contribution is 2.29. The number of nitrogens with one attached hydrogen (secondary N) is 1. The molecule has 0 saturated carbocycles. The molecule has 2 heterocycles. The maximum Gasteiger partial charge on any atom is 0.223 e. The Kier molecular flexibility index (Phi) is 8.27. The van der Waals surface area contributed by atoms with E-state index in [9.17, 15) is 4.79 Å². The van der Waals surface area contributed by atoms with Crippen molar-refractivity contribution < 1.29 is 4.79 Å². The van der Waals surface area contributed by atoms with E-state index in [2.05, 4.69) is 41.2 Å². The van der Waals surface area contributed by atoms with Gasteiger partial charge in [-0.3, -0.25) is 9.79 Å². The molecule has 1 amide bonds. The van der Waals surface area contributed by atoms with Crippen LogP contribution in [-0.4, -0.2) is 58.8 Å². The van der Waals surface area contributed by atoms with Gasteiger partial charge in [-0.15, -0.1) is 24.0 Å². The van der Waals surface area contributed by atoms with Gasteiger partial charge in [-0.1, -0.05) is 24.3 Å². The minimum absolute atomic E-state index is 0. The van der Waals surface area contributed by atoms with Crippen LogP contribution in [0.25, 0.3) is 0 Å². The zero-order chi connectivity index (χ0) is 18.6. The van der Waals surface area contributed by atoms with Gasteiger partial charge < -0.3 is 15.1 Å². The van der Waals surface area contributed by atoms with Crippen LogP contribution in [0, 0.1) is 0 Å². The molecule has 7 heteroatoms. The Labute approximate surface area is 184 Å². The number of carbonyl (C=O) groups is 1. The number of amides is 1.